The van der Waals surface area contributed by atoms with Crippen molar-refractivity contribution in [1.82, 2.24) is 9.55 Å². The van der Waals surface area contributed by atoms with E-state index in [1.807, 2.05) is 0 Å². The van der Waals surface area contributed by atoms with Crippen LogP contribution in [0, 0.1) is 0 Å². The normalized spacial score (nSPS) is 19.5. The Labute approximate surface area is 164 Å². The Morgan fingerprint density at radius 1 is 1.28 bits per heavy atom. The number of hydrogen-bond donors (Lipinski definition) is 2. The van der Waals surface area contributed by atoms with Crippen molar-refractivity contribution in [3.05, 3.63) is 61.5 Å². The lowest BCUT2D eigenvalue weighted by atomic mass is 9.86. The number of aromatic amines is 1. The number of aromatic nitrogens is 2. The molecule has 1 atom stereocenters. The van der Waals surface area contributed by atoms with Crippen LogP contribution >= 0.6 is 0 Å². The summed E-state index contributed by atoms with van der Waals surface area (Å²) in [7, 11) is 1.50. The minimum atomic E-state index is -1.88. The topological polar surface area (TPSA) is 111 Å². The molecule has 8 nitrogen and oxygen atoms in total. The maximum absolute atomic E-state index is 13.2. The number of nitrogens with zero attached hydrogens (tertiary/aromatic N) is 1. The summed E-state index contributed by atoms with van der Waals surface area (Å²) in [5.74, 6) is -0.319. The van der Waals surface area contributed by atoms with Crippen molar-refractivity contribution in [1.29, 1.82) is 0 Å². The lowest BCUT2D eigenvalue weighted by molar-refractivity contribution is -0.172. The average molecular weight is 394 g/mol. The number of carbonyl (C=O) groups excluding carboxylic acids is 1. The van der Waals surface area contributed by atoms with Gasteiger partial charge in [0.05, 0.1) is 41.5 Å². The van der Waals surface area contributed by atoms with E-state index in [4.69, 9.17) is 9.47 Å². The molecule has 148 valence electrons. The fourth-order valence-electron chi connectivity index (χ4n) is 4.31. The summed E-state index contributed by atoms with van der Waals surface area (Å²) in [5, 5.41) is 11.3. The molecule has 4 heterocycles. The summed E-state index contributed by atoms with van der Waals surface area (Å²) in [6.07, 6.45) is 0.0695. The van der Waals surface area contributed by atoms with Gasteiger partial charge in [0.25, 0.3) is 5.56 Å². The van der Waals surface area contributed by atoms with Crippen LogP contribution in [-0.4, -0.2) is 27.7 Å². The van der Waals surface area contributed by atoms with E-state index >= 15 is 0 Å². The second kappa shape index (κ2) is 5.81. The van der Waals surface area contributed by atoms with Crippen LogP contribution in [0.3, 0.4) is 0 Å². The van der Waals surface area contributed by atoms with Crippen LogP contribution in [-0.2, 0) is 28.3 Å². The monoisotopic (exact) mass is 394 g/mol. The molecule has 2 N–H and O–H groups in total. The molecule has 0 aliphatic carbocycles. The minimum absolute atomic E-state index is 0.0695. The molecule has 8 heteroatoms. The number of methoxy groups -OCH3 is 1. The molecule has 0 amide bonds. The predicted octanol–water partition coefficient (Wildman–Crippen LogP) is 1.38. The molecule has 29 heavy (non-hydrogen) atoms. The van der Waals surface area contributed by atoms with Gasteiger partial charge in [-0.3, -0.25) is 9.59 Å². The number of nitrogens with one attached hydrogen (secondary N) is 1. The van der Waals surface area contributed by atoms with Crippen LogP contribution in [0.4, 0.5) is 0 Å². The summed E-state index contributed by atoms with van der Waals surface area (Å²) < 4.78 is 11.9. The SMILES string of the molecule is CC[C@@]1(O)C(=O)OCc2c1cc1n(c2=O)Cc2c-1[nH]c1cccc(OC)c1c2=O. The van der Waals surface area contributed by atoms with Gasteiger partial charge in [-0.2, -0.15) is 0 Å². The first-order valence-electron chi connectivity index (χ1n) is 9.29. The van der Waals surface area contributed by atoms with E-state index < -0.39 is 11.6 Å². The van der Waals surface area contributed by atoms with Crippen molar-refractivity contribution in [3.63, 3.8) is 0 Å². The molecule has 0 unspecified atom stereocenters. The van der Waals surface area contributed by atoms with Gasteiger partial charge in [-0.05, 0) is 24.6 Å². The Hall–Kier alpha value is -3.39. The van der Waals surface area contributed by atoms with Crippen LogP contribution in [0.5, 0.6) is 5.75 Å². The van der Waals surface area contributed by atoms with Crippen molar-refractivity contribution in [3.8, 4) is 17.1 Å². The Kier molecular flexibility index (Phi) is 3.54. The van der Waals surface area contributed by atoms with Crippen LogP contribution in [0.25, 0.3) is 22.3 Å². The number of pyridine rings is 2. The second-order valence-electron chi connectivity index (χ2n) is 7.29. The van der Waals surface area contributed by atoms with E-state index in [1.165, 1.54) is 11.7 Å². The van der Waals surface area contributed by atoms with Gasteiger partial charge >= 0.3 is 5.97 Å². The van der Waals surface area contributed by atoms with E-state index in [0.717, 1.165) is 0 Å². The highest BCUT2D eigenvalue weighted by molar-refractivity contribution is 5.89. The van der Waals surface area contributed by atoms with Gasteiger partial charge in [-0.15, -0.1) is 0 Å². The van der Waals surface area contributed by atoms with Crippen LogP contribution in [0.15, 0.2) is 33.9 Å². The van der Waals surface area contributed by atoms with Crippen LogP contribution < -0.4 is 15.7 Å². The number of hydrogen-bond acceptors (Lipinski definition) is 6. The number of ether oxygens (including phenoxy) is 2. The lowest BCUT2D eigenvalue weighted by Crippen LogP contribution is -2.44. The van der Waals surface area contributed by atoms with E-state index in [0.29, 0.717) is 33.6 Å². The molecule has 5 rings (SSSR count). The van der Waals surface area contributed by atoms with Crippen molar-refractivity contribution < 1.29 is 19.4 Å². The largest absolute Gasteiger partial charge is 0.496 e. The quantitative estimate of drug-likeness (QED) is 0.497. The number of benzene rings is 1. The Morgan fingerprint density at radius 2 is 2.07 bits per heavy atom. The predicted molar refractivity (Wildman–Crippen MR) is 104 cm³/mol. The van der Waals surface area contributed by atoms with Gasteiger partial charge in [0.15, 0.2) is 11.0 Å². The fraction of sp³-hybridized carbons (Fsp3) is 0.286. The van der Waals surface area contributed by atoms with Crippen molar-refractivity contribution in [2.45, 2.75) is 32.1 Å². The summed E-state index contributed by atoms with van der Waals surface area (Å²) in [5.41, 5.74) is -0.00841. The molecular weight excluding hydrogens is 376 g/mol. The number of cyclic esters (lactones) is 1. The number of H-pyrrole nitrogens is 1. The molecule has 0 saturated heterocycles. The van der Waals surface area contributed by atoms with Gasteiger partial charge in [-0.1, -0.05) is 13.0 Å². The van der Waals surface area contributed by atoms with E-state index in [-0.39, 0.29) is 41.7 Å². The Bertz CT molecular complexity index is 1340. The molecule has 0 radical (unpaired) electrons. The molecule has 1 aromatic carbocycles. The van der Waals surface area contributed by atoms with Gasteiger partial charge in [0, 0.05) is 11.1 Å². The summed E-state index contributed by atoms with van der Waals surface area (Å²) in [6.45, 7) is 1.55. The van der Waals surface area contributed by atoms with Crippen molar-refractivity contribution in [2.75, 3.05) is 7.11 Å². The highest BCUT2D eigenvalue weighted by Crippen LogP contribution is 2.38. The smallest absolute Gasteiger partial charge is 0.343 e. The number of aliphatic hydroxyl groups is 1. The Balaban J connectivity index is 1.84. The van der Waals surface area contributed by atoms with Crippen LogP contribution in [0.2, 0.25) is 0 Å². The summed E-state index contributed by atoms with van der Waals surface area (Å²) >= 11 is 0. The van der Waals surface area contributed by atoms with E-state index in [2.05, 4.69) is 4.98 Å². The highest BCUT2D eigenvalue weighted by Gasteiger charge is 2.45. The molecule has 0 spiro atoms. The number of carbonyl (C=O) groups is 1. The third-order valence-electron chi connectivity index (χ3n) is 5.92. The molecule has 0 saturated carbocycles. The molecule has 0 fully saturated rings. The number of fused-ring (bicyclic) bond motifs is 5. The molecule has 2 aliphatic heterocycles. The van der Waals surface area contributed by atoms with Gasteiger partial charge in [0.1, 0.15) is 12.4 Å². The van der Waals surface area contributed by atoms with Gasteiger partial charge in [-0.25, -0.2) is 4.79 Å². The van der Waals surface area contributed by atoms with E-state index in [9.17, 15) is 19.5 Å². The fourth-order valence-corrected chi connectivity index (χ4v) is 4.31. The first kappa shape index (κ1) is 17.7. The molecular formula is C21H18N2O6. The van der Waals surface area contributed by atoms with Gasteiger partial charge < -0.3 is 24.1 Å². The lowest BCUT2D eigenvalue weighted by Gasteiger charge is -2.31. The summed E-state index contributed by atoms with van der Waals surface area (Å²) in [6, 6.07) is 6.86. The average Bonchev–Trinajstić information content (AvgIpc) is 3.10. The molecule has 0 bridgehead atoms. The van der Waals surface area contributed by atoms with Crippen LogP contribution in [0.1, 0.15) is 30.0 Å². The maximum Gasteiger partial charge on any atom is 0.343 e. The highest BCUT2D eigenvalue weighted by atomic mass is 16.6. The molecule has 3 aromatic rings. The molecule has 2 aromatic heterocycles. The summed E-state index contributed by atoms with van der Waals surface area (Å²) in [4.78, 5) is 41.8. The molecule has 2 aliphatic rings. The zero-order chi connectivity index (χ0) is 20.5. The zero-order valence-electron chi connectivity index (χ0n) is 15.9. The van der Waals surface area contributed by atoms with E-state index in [1.54, 1.807) is 31.2 Å². The maximum atomic E-state index is 13.2. The first-order chi connectivity index (χ1) is 13.9. The first-order valence-corrected chi connectivity index (χ1v) is 9.29. The van der Waals surface area contributed by atoms with Crippen molar-refractivity contribution >= 4 is 16.9 Å². The van der Waals surface area contributed by atoms with Gasteiger partial charge in [0.2, 0.25) is 0 Å². The zero-order valence-corrected chi connectivity index (χ0v) is 15.9. The number of esters is 1. The number of rotatable bonds is 2. The second-order valence-corrected chi connectivity index (χ2v) is 7.29. The third kappa shape index (κ3) is 2.14. The Morgan fingerprint density at radius 3 is 2.79 bits per heavy atom. The van der Waals surface area contributed by atoms with Crippen molar-refractivity contribution in [2.24, 2.45) is 0 Å². The standard InChI is InChI=1S/C21H18N2O6/c1-3-21(27)12-7-14-17-10(8-23(14)19(25)11(12)9-29-20(21)26)18(24)16-13(22-17)5-4-6-15(16)28-2/h4-7,27H,3,8-9H2,1-2H3,(H,22,24)/t21-/m0/s1. The third-order valence-corrected chi connectivity index (χ3v) is 5.92. The minimum Gasteiger partial charge on any atom is -0.496 e.